The van der Waals surface area contributed by atoms with Crippen LogP contribution in [0.15, 0.2) is 36.5 Å². The molecule has 0 bridgehead atoms. The Morgan fingerprint density at radius 1 is 1.38 bits per heavy atom. The highest BCUT2D eigenvalue weighted by Crippen LogP contribution is 2.22. The lowest BCUT2D eigenvalue weighted by Crippen LogP contribution is -2.50. The van der Waals surface area contributed by atoms with Crippen molar-refractivity contribution in [3.63, 3.8) is 0 Å². The predicted molar refractivity (Wildman–Crippen MR) is 90.4 cm³/mol. The number of nitrogens with zero attached hydrogens (tertiary/aromatic N) is 3. The van der Waals surface area contributed by atoms with Gasteiger partial charge in [0.2, 0.25) is 5.91 Å². The number of amides is 1. The number of carbonyl (C=O) groups excluding carboxylic acids is 1. The first-order valence-electron chi connectivity index (χ1n) is 8.26. The molecule has 0 spiro atoms. The largest absolute Gasteiger partial charge is 0.396 e. The lowest BCUT2D eigenvalue weighted by molar-refractivity contribution is -0.141. The highest BCUT2D eigenvalue weighted by Gasteiger charge is 2.27. The van der Waals surface area contributed by atoms with Gasteiger partial charge in [-0.2, -0.15) is 5.10 Å². The number of aromatic nitrogens is 2. The van der Waals surface area contributed by atoms with Gasteiger partial charge in [-0.25, -0.2) is 0 Å². The van der Waals surface area contributed by atoms with Gasteiger partial charge >= 0.3 is 0 Å². The highest BCUT2D eigenvalue weighted by atomic mass is 16.5. The van der Waals surface area contributed by atoms with E-state index in [1.807, 2.05) is 43.5 Å². The zero-order valence-electron chi connectivity index (χ0n) is 13.9. The molecule has 0 saturated carbocycles. The third-order valence-corrected chi connectivity index (χ3v) is 4.34. The number of ether oxygens (including phenoxy) is 1. The van der Waals surface area contributed by atoms with Crippen molar-refractivity contribution in [2.45, 2.75) is 25.9 Å². The van der Waals surface area contributed by atoms with Gasteiger partial charge in [0, 0.05) is 24.9 Å². The molecular formula is C18H23N3O3. The van der Waals surface area contributed by atoms with Gasteiger partial charge in [-0.3, -0.25) is 9.48 Å². The molecule has 1 fully saturated rings. The summed E-state index contributed by atoms with van der Waals surface area (Å²) < 4.78 is 7.12. The quantitative estimate of drug-likeness (QED) is 0.902. The van der Waals surface area contributed by atoms with E-state index in [1.54, 1.807) is 9.58 Å². The smallest absolute Gasteiger partial charge is 0.244 e. The first-order chi connectivity index (χ1) is 11.7. The fourth-order valence-electron chi connectivity index (χ4n) is 3.10. The lowest BCUT2D eigenvalue weighted by Gasteiger charge is -2.35. The molecule has 1 atom stereocenters. The van der Waals surface area contributed by atoms with Crippen LogP contribution in [0.25, 0.3) is 11.1 Å². The molecule has 0 unspecified atom stereocenters. The van der Waals surface area contributed by atoms with E-state index in [2.05, 4.69) is 5.10 Å². The average molecular weight is 329 g/mol. The molecule has 24 heavy (non-hydrogen) atoms. The number of hydrogen-bond donors (Lipinski definition) is 1. The molecule has 1 N–H and O–H groups in total. The molecule has 1 saturated heterocycles. The molecule has 1 aliphatic heterocycles. The van der Waals surface area contributed by atoms with E-state index in [-0.39, 0.29) is 25.1 Å². The van der Waals surface area contributed by atoms with Crippen LogP contribution in [0.1, 0.15) is 12.1 Å². The molecule has 2 heterocycles. The van der Waals surface area contributed by atoms with Gasteiger partial charge in [0.25, 0.3) is 0 Å². The third-order valence-electron chi connectivity index (χ3n) is 4.34. The molecule has 0 radical (unpaired) electrons. The van der Waals surface area contributed by atoms with Crippen LogP contribution in [0.5, 0.6) is 0 Å². The Hall–Kier alpha value is -2.18. The molecule has 3 rings (SSSR count). The Balaban J connectivity index is 1.73. The zero-order chi connectivity index (χ0) is 16.9. The molecule has 6 nitrogen and oxygen atoms in total. The van der Waals surface area contributed by atoms with Crippen molar-refractivity contribution in [2.24, 2.45) is 0 Å². The van der Waals surface area contributed by atoms with Crippen LogP contribution in [-0.2, 0) is 16.1 Å². The molecule has 1 aromatic carbocycles. The minimum atomic E-state index is -0.0542. The maximum absolute atomic E-state index is 12.6. The van der Waals surface area contributed by atoms with Crippen LogP contribution in [0.4, 0.5) is 0 Å². The number of carbonyl (C=O) groups is 1. The number of aryl methyl sites for hydroxylation is 1. The van der Waals surface area contributed by atoms with E-state index in [0.29, 0.717) is 26.2 Å². The summed E-state index contributed by atoms with van der Waals surface area (Å²) in [6.07, 6.45) is 2.46. The predicted octanol–water partition coefficient (Wildman–Crippen LogP) is 1.47. The Kier molecular flexibility index (Phi) is 5.27. The fourth-order valence-corrected chi connectivity index (χ4v) is 3.10. The van der Waals surface area contributed by atoms with Crippen LogP contribution in [0, 0.1) is 6.92 Å². The van der Waals surface area contributed by atoms with E-state index in [4.69, 9.17) is 9.84 Å². The summed E-state index contributed by atoms with van der Waals surface area (Å²) >= 11 is 0. The Bertz CT molecular complexity index is 682. The molecule has 6 heteroatoms. The summed E-state index contributed by atoms with van der Waals surface area (Å²) in [5, 5.41) is 13.6. The number of rotatable bonds is 5. The van der Waals surface area contributed by atoms with Crippen molar-refractivity contribution in [2.75, 3.05) is 26.4 Å². The molecule has 128 valence electrons. The van der Waals surface area contributed by atoms with Gasteiger partial charge < -0.3 is 14.7 Å². The summed E-state index contributed by atoms with van der Waals surface area (Å²) in [7, 11) is 0. The second kappa shape index (κ2) is 7.59. The van der Waals surface area contributed by atoms with Gasteiger partial charge in [0.05, 0.1) is 24.9 Å². The van der Waals surface area contributed by atoms with E-state index in [0.717, 1.165) is 16.8 Å². The Morgan fingerprint density at radius 3 is 2.92 bits per heavy atom. The topological polar surface area (TPSA) is 67.6 Å². The average Bonchev–Trinajstić information content (AvgIpc) is 2.96. The van der Waals surface area contributed by atoms with E-state index in [1.165, 1.54) is 0 Å². The van der Waals surface area contributed by atoms with E-state index < -0.39 is 0 Å². The summed E-state index contributed by atoms with van der Waals surface area (Å²) in [5.74, 6) is 0.0128. The summed E-state index contributed by atoms with van der Waals surface area (Å²) in [5.41, 5.74) is 3.04. The molecule has 1 amide bonds. The van der Waals surface area contributed by atoms with Gasteiger partial charge in [0.1, 0.15) is 6.54 Å². The van der Waals surface area contributed by atoms with Crippen LogP contribution < -0.4 is 0 Å². The monoisotopic (exact) mass is 329 g/mol. The van der Waals surface area contributed by atoms with Crippen LogP contribution in [0.3, 0.4) is 0 Å². The van der Waals surface area contributed by atoms with Gasteiger partial charge in [0.15, 0.2) is 0 Å². The van der Waals surface area contributed by atoms with Crippen molar-refractivity contribution in [1.29, 1.82) is 0 Å². The summed E-state index contributed by atoms with van der Waals surface area (Å²) in [6.45, 7) is 3.80. The molecule has 0 aliphatic carbocycles. The van der Waals surface area contributed by atoms with Crippen LogP contribution in [-0.4, -0.2) is 58.1 Å². The second-order valence-electron chi connectivity index (χ2n) is 6.02. The number of aliphatic hydroxyl groups is 1. The minimum absolute atomic E-state index is 0.0128. The maximum Gasteiger partial charge on any atom is 0.244 e. The standard InChI is InChI=1S/C18H23N3O3/c1-14-17(15-5-3-2-4-6-15)11-20(19-14)12-18(23)21-8-10-24-13-16(21)7-9-22/h2-6,11,16,22H,7-10,12-13H2,1H3/t16-/m0/s1. The highest BCUT2D eigenvalue weighted by molar-refractivity contribution is 5.76. The maximum atomic E-state index is 12.6. The van der Waals surface area contributed by atoms with Crippen LogP contribution in [0.2, 0.25) is 0 Å². The van der Waals surface area contributed by atoms with Crippen molar-refractivity contribution in [3.05, 3.63) is 42.2 Å². The Morgan fingerprint density at radius 2 is 2.17 bits per heavy atom. The number of benzene rings is 1. The SMILES string of the molecule is Cc1nn(CC(=O)N2CCOC[C@@H]2CCO)cc1-c1ccccc1. The normalized spacial score (nSPS) is 17.9. The van der Waals surface area contributed by atoms with Crippen molar-refractivity contribution in [3.8, 4) is 11.1 Å². The third kappa shape index (κ3) is 3.66. The van der Waals surface area contributed by atoms with E-state index >= 15 is 0 Å². The van der Waals surface area contributed by atoms with Crippen molar-refractivity contribution >= 4 is 5.91 Å². The first-order valence-corrected chi connectivity index (χ1v) is 8.26. The zero-order valence-corrected chi connectivity index (χ0v) is 13.9. The Labute approximate surface area is 141 Å². The molecular weight excluding hydrogens is 306 g/mol. The first kappa shape index (κ1) is 16.7. The molecule has 1 aromatic heterocycles. The van der Waals surface area contributed by atoms with Gasteiger partial charge in [-0.1, -0.05) is 30.3 Å². The lowest BCUT2D eigenvalue weighted by atomic mass is 10.1. The number of morpholine rings is 1. The van der Waals surface area contributed by atoms with Crippen molar-refractivity contribution in [1.82, 2.24) is 14.7 Å². The number of aliphatic hydroxyl groups excluding tert-OH is 1. The molecule has 1 aliphatic rings. The number of hydrogen-bond acceptors (Lipinski definition) is 4. The second-order valence-corrected chi connectivity index (χ2v) is 6.02. The van der Waals surface area contributed by atoms with Gasteiger partial charge in [-0.15, -0.1) is 0 Å². The summed E-state index contributed by atoms with van der Waals surface area (Å²) in [4.78, 5) is 14.4. The van der Waals surface area contributed by atoms with Gasteiger partial charge in [-0.05, 0) is 18.9 Å². The van der Waals surface area contributed by atoms with Crippen LogP contribution >= 0.6 is 0 Å². The summed E-state index contributed by atoms with van der Waals surface area (Å²) in [6, 6.07) is 9.98. The fraction of sp³-hybridized carbons (Fsp3) is 0.444. The minimum Gasteiger partial charge on any atom is -0.396 e. The van der Waals surface area contributed by atoms with E-state index in [9.17, 15) is 4.79 Å². The van der Waals surface area contributed by atoms with Crippen molar-refractivity contribution < 1.29 is 14.6 Å². The molecule has 2 aromatic rings.